The third kappa shape index (κ3) is 2.81. The first-order valence-corrected chi connectivity index (χ1v) is 6.72. The number of nitrogens with one attached hydrogen (secondary N) is 1. The van der Waals surface area contributed by atoms with Gasteiger partial charge < -0.3 is 15.1 Å². The second-order valence-corrected chi connectivity index (χ2v) is 5.31. The lowest BCUT2D eigenvalue weighted by Crippen LogP contribution is -2.47. The van der Waals surface area contributed by atoms with Gasteiger partial charge in [0.2, 0.25) is 0 Å². The van der Waals surface area contributed by atoms with Gasteiger partial charge >= 0.3 is 0 Å². The Morgan fingerprint density at radius 3 is 2.67 bits per heavy atom. The minimum Gasteiger partial charge on any atom is -0.372 e. The molecule has 1 aromatic heterocycles. The number of hydrogen-bond donors (Lipinski definition) is 1. The normalized spacial score (nSPS) is 16.7. The molecule has 1 N–H and O–H groups in total. The molecule has 1 saturated heterocycles. The van der Waals surface area contributed by atoms with Gasteiger partial charge in [0.15, 0.2) is 0 Å². The predicted octanol–water partition coefficient (Wildman–Crippen LogP) is 1.27. The first kappa shape index (κ1) is 13.3. The van der Waals surface area contributed by atoms with Crippen LogP contribution in [0.2, 0.25) is 0 Å². The quantitative estimate of drug-likeness (QED) is 0.893. The Bertz CT molecular complexity index is 444. The van der Waals surface area contributed by atoms with Gasteiger partial charge in [-0.15, -0.1) is 0 Å². The van der Waals surface area contributed by atoms with E-state index in [9.17, 15) is 4.79 Å². The van der Waals surface area contributed by atoms with E-state index in [4.69, 9.17) is 0 Å². The summed E-state index contributed by atoms with van der Waals surface area (Å²) in [6.07, 6.45) is 1.69. The van der Waals surface area contributed by atoms with Crippen LogP contribution in [-0.4, -0.2) is 61.0 Å². The molecule has 0 atom stereocenters. The molecule has 1 fully saturated rings. The number of pyridine rings is 1. The van der Waals surface area contributed by atoms with Crippen LogP contribution < -0.4 is 5.32 Å². The van der Waals surface area contributed by atoms with Crippen LogP contribution in [0.5, 0.6) is 0 Å². The molecule has 2 heterocycles. The van der Waals surface area contributed by atoms with Crippen molar-refractivity contribution >= 4 is 27.7 Å². The number of rotatable bonds is 2. The number of nitrogens with zero attached hydrogens (tertiary/aromatic N) is 3. The zero-order chi connectivity index (χ0) is 13.1. The van der Waals surface area contributed by atoms with E-state index < -0.39 is 0 Å². The van der Waals surface area contributed by atoms with Crippen LogP contribution in [0.15, 0.2) is 16.7 Å². The van der Waals surface area contributed by atoms with Crippen molar-refractivity contribution in [2.45, 2.75) is 0 Å². The van der Waals surface area contributed by atoms with E-state index in [2.05, 4.69) is 38.2 Å². The van der Waals surface area contributed by atoms with E-state index in [0.29, 0.717) is 11.4 Å². The minimum atomic E-state index is 0.0428. The van der Waals surface area contributed by atoms with Crippen molar-refractivity contribution in [1.29, 1.82) is 0 Å². The zero-order valence-corrected chi connectivity index (χ0v) is 12.2. The molecule has 1 aliphatic heterocycles. The summed E-state index contributed by atoms with van der Waals surface area (Å²) >= 11 is 3.36. The van der Waals surface area contributed by atoms with Gasteiger partial charge in [-0.25, -0.2) is 4.98 Å². The molecule has 0 aliphatic carbocycles. The van der Waals surface area contributed by atoms with Crippen LogP contribution in [-0.2, 0) is 0 Å². The standard InChI is InChI=1S/C12H17BrN4O/c1-14-11-10(7-9(13)8-15-11)12(18)17-5-3-16(2)4-6-17/h7-8H,3-6H2,1-2H3,(H,14,15). The van der Waals surface area contributed by atoms with Gasteiger partial charge in [-0.1, -0.05) is 0 Å². The number of halogens is 1. The van der Waals surface area contributed by atoms with E-state index in [1.54, 1.807) is 13.2 Å². The van der Waals surface area contributed by atoms with Crippen molar-refractivity contribution in [3.8, 4) is 0 Å². The van der Waals surface area contributed by atoms with Gasteiger partial charge in [-0.3, -0.25) is 4.79 Å². The Morgan fingerprint density at radius 1 is 1.39 bits per heavy atom. The Morgan fingerprint density at radius 2 is 2.06 bits per heavy atom. The van der Waals surface area contributed by atoms with Gasteiger partial charge in [0.05, 0.1) is 5.56 Å². The van der Waals surface area contributed by atoms with E-state index >= 15 is 0 Å². The van der Waals surface area contributed by atoms with Crippen molar-refractivity contribution in [1.82, 2.24) is 14.8 Å². The maximum atomic E-state index is 12.4. The summed E-state index contributed by atoms with van der Waals surface area (Å²) in [4.78, 5) is 20.8. The lowest BCUT2D eigenvalue weighted by Gasteiger charge is -2.32. The smallest absolute Gasteiger partial charge is 0.257 e. The third-order valence-corrected chi connectivity index (χ3v) is 3.55. The van der Waals surface area contributed by atoms with Crippen molar-refractivity contribution in [3.05, 3.63) is 22.3 Å². The zero-order valence-electron chi connectivity index (χ0n) is 10.6. The van der Waals surface area contributed by atoms with E-state index in [0.717, 1.165) is 30.7 Å². The predicted molar refractivity (Wildman–Crippen MR) is 74.9 cm³/mol. The fourth-order valence-electron chi connectivity index (χ4n) is 1.98. The molecule has 0 radical (unpaired) electrons. The molecule has 6 heteroatoms. The van der Waals surface area contributed by atoms with Crippen molar-refractivity contribution in [2.75, 3.05) is 45.6 Å². The molecule has 5 nitrogen and oxygen atoms in total. The van der Waals surface area contributed by atoms with Crippen molar-refractivity contribution < 1.29 is 4.79 Å². The second-order valence-electron chi connectivity index (χ2n) is 4.40. The van der Waals surface area contributed by atoms with Crippen LogP contribution in [0, 0.1) is 0 Å². The number of aromatic nitrogens is 1. The number of piperazine rings is 1. The molecule has 0 bridgehead atoms. The average molecular weight is 313 g/mol. The van der Waals surface area contributed by atoms with E-state index in [1.807, 2.05) is 11.0 Å². The second kappa shape index (κ2) is 5.67. The molecule has 18 heavy (non-hydrogen) atoms. The molecule has 98 valence electrons. The van der Waals surface area contributed by atoms with Crippen LogP contribution in [0.25, 0.3) is 0 Å². The van der Waals surface area contributed by atoms with Crippen molar-refractivity contribution in [3.63, 3.8) is 0 Å². The lowest BCUT2D eigenvalue weighted by molar-refractivity contribution is 0.0664. The number of likely N-dealkylation sites (N-methyl/N-ethyl adjacent to an activating group) is 1. The number of carbonyl (C=O) groups excluding carboxylic acids is 1. The van der Waals surface area contributed by atoms with Gasteiger partial charge in [0.1, 0.15) is 5.82 Å². The molecular formula is C12H17BrN4O. The van der Waals surface area contributed by atoms with Gasteiger partial charge in [-0.2, -0.15) is 0 Å². The summed E-state index contributed by atoms with van der Waals surface area (Å²) in [7, 11) is 3.85. The largest absolute Gasteiger partial charge is 0.372 e. The Hall–Kier alpha value is -1.14. The summed E-state index contributed by atoms with van der Waals surface area (Å²) in [6, 6.07) is 1.82. The molecule has 0 spiro atoms. The lowest BCUT2D eigenvalue weighted by atomic mass is 10.2. The fraction of sp³-hybridized carbons (Fsp3) is 0.500. The SMILES string of the molecule is CNc1ncc(Br)cc1C(=O)N1CCN(C)CC1. The van der Waals surface area contributed by atoms with Crippen LogP contribution in [0.3, 0.4) is 0 Å². The first-order chi connectivity index (χ1) is 8.61. The molecule has 1 amide bonds. The van der Waals surface area contributed by atoms with Crippen molar-refractivity contribution in [2.24, 2.45) is 0 Å². The fourth-order valence-corrected chi connectivity index (χ4v) is 2.31. The number of carbonyl (C=O) groups is 1. The van der Waals surface area contributed by atoms with Gasteiger partial charge in [0.25, 0.3) is 5.91 Å². The topological polar surface area (TPSA) is 48.5 Å². The number of hydrogen-bond acceptors (Lipinski definition) is 4. The minimum absolute atomic E-state index is 0.0428. The Labute approximate surface area is 115 Å². The van der Waals surface area contributed by atoms with Gasteiger partial charge in [0, 0.05) is 43.9 Å². The maximum Gasteiger partial charge on any atom is 0.257 e. The van der Waals surface area contributed by atoms with Gasteiger partial charge in [-0.05, 0) is 29.0 Å². The Balaban J connectivity index is 2.20. The molecule has 1 aliphatic rings. The average Bonchev–Trinajstić information content (AvgIpc) is 2.39. The summed E-state index contributed by atoms with van der Waals surface area (Å²) < 4.78 is 0.818. The number of amides is 1. The molecule has 2 rings (SSSR count). The first-order valence-electron chi connectivity index (χ1n) is 5.93. The van der Waals surface area contributed by atoms with E-state index in [-0.39, 0.29) is 5.91 Å². The van der Waals surface area contributed by atoms with Crippen LogP contribution in [0.4, 0.5) is 5.82 Å². The monoisotopic (exact) mass is 312 g/mol. The molecule has 0 unspecified atom stereocenters. The molecule has 0 aromatic carbocycles. The summed E-state index contributed by atoms with van der Waals surface area (Å²) in [5.41, 5.74) is 0.622. The third-order valence-electron chi connectivity index (χ3n) is 3.11. The highest BCUT2D eigenvalue weighted by Gasteiger charge is 2.22. The van der Waals surface area contributed by atoms with Crippen LogP contribution >= 0.6 is 15.9 Å². The Kier molecular flexibility index (Phi) is 4.19. The summed E-state index contributed by atoms with van der Waals surface area (Å²) in [5.74, 6) is 0.670. The number of anilines is 1. The highest BCUT2D eigenvalue weighted by Crippen LogP contribution is 2.20. The highest BCUT2D eigenvalue weighted by atomic mass is 79.9. The molecular weight excluding hydrogens is 296 g/mol. The molecule has 0 saturated carbocycles. The summed E-state index contributed by atoms with van der Waals surface area (Å²) in [6.45, 7) is 3.38. The maximum absolute atomic E-state index is 12.4. The van der Waals surface area contributed by atoms with Crippen LogP contribution in [0.1, 0.15) is 10.4 Å². The van der Waals surface area contributed by atoms with E-state index in [1.165, 1.54) is 0 Å². The highest BCUT2D eigenvalue weighted by molar-refractivity contribution is 9.10. The summed E-state index contributed by atoms with van der Waals surface area (Å²) in [5, 5.41) is 2.96. The molecule has 1 aromatic rings.